The van der Waals surface area contributed by atoms with E-state index in [9.17, 15) is 4.79 Å². The van der Waals surface area contributed by atoms with Crippen molar-refractivity contribution in [2.45, 2.75) is 47.4 Å². The molecule has 0 bridgehead atoms. The summed E-state index contributed by atoms with van der Waals surface area (Å²) in [4.78, 5) is 11.7. The first kappa shape index (κ1) is 17.5. The first-order valence-corrected chi connectivity index (χ1v) is 13.6. The van der Waals surface area contributed by atoms with Crippen molar-refractivity contribution < 1.29 is 7.87 Å². The number of hydrogen-bond donors (Lipinski definition) is 0. The molecule has 0 spiro atoms. The van der Waals surface area contributed by atoms with E-state index in [2.05, 4.69) is 19.7 Å². The van der Waals surface area contributed by atoms with Crippen molar-refractivity contribution in [2.75, 3.05) is 0 Å². The summed E-state index contributed by atoms with van der Waals surface area (Å²) < 4.78 is 8.49. The van der Waals surface area contributed by atoms with E-state index in [-0.39, 0.29) is 5.97 Å². The Morgan fingerprint density at radius 1 is 0.944 bits per heavy atom. The Morgan fingerprint density at radius 3 is 1.50 bits per heavy atom. The van der Waals surface area contributed by atoms with Gasteiger partial charge in [0, 0.05) is 0 Å². The maximum atomic E-state index is 11.7. The Labute approximate surface area is 116 Å². The summed E-state index contributed by atoms with van der Waals surface area (Å²) in [6.07, 6.45) is 0.432. The second kappa shape index (κ2) is 7.82. The zero-order valence-corrected chi connectivity index (χ0v) is 15.1. The molecule has 0 amide bonds. The number of hydrogen-bond acceptors (Lipinski definition) is 2. The van der Waals surface area contributed by atoms with Gasteiger partial charge in [0.1, 0.15) is 0 Å². The van der Waals surface area contributed by atoms with Crippen molar-refractivity contribution in [1.29, 1.82) is 0 Å². The van der Waals surface area contributed by atoms with Crippen LogP contribution < -0.4 is 0 Å². The Kier molecular flexibility index (Phi) is 7.60. The Morgan fingerprint density at radius 2 is 1.28 bits per heavy atom. The molecule has 0 saturated carbocycles. The molecule has 0 aliphatic carbocycles. The van der Waals surface area contributed by atoms with E-state index in [0.29, 0.717) is 6.42 Å². The van der Waals surface area contributed by atoms with Crippen LogP contribution in [0.25, 0.3) is 0 Å². The van der Waals surface area contributed by atoms with Crippen LogP contribution in [0, 0.1) is 0 Å². The van der Waals surface area contributed by atoms with Gasteiger partial charge in [-0.25, -0.2) is 0 Å². The summed E-state index contributed by atoms with van der Waals surface area (Å²) in [5, 5.41) is 0. The average molecular weight is 357 g/mol. The van der Waals surface area contributed by atoms with Crippen LogP contribution in [0.4, 0.5) is 0 Å². The van der Waals surface area contributed by atoms with Gasteiger partial charge in [0.2, 0.25) is 0 Å². The standard InChI is InChI=1S/3C4H7.C3H6O2.Sn/c3*1-4(2)3;1-2-3(4)5;/h3*1-2H2,3H3;2H2,1H3,(H,4,5);/q;;;;+1/p-1. The third kappa shape index (κ3) is 7.04. The molecule has 0 radical (unpaired) electrons. The molecule has 3 heteroatoms. The van der Waals surface area contributed by atoms with Crippen molar-refractivity contribution in [1.82, 2.24) is 0 Å². The normalized spacial score (nSPS) is 10.9. The van der Waals surface area contributed by atoms with Crippen LogP contribution in [0.15, 0.2) is 36.5 Å². The van der Waals surface area contributed by atoms with Crippen LogP contribution >= 0.6 is 0 Å². The first-order chi connectivity index (χ1) is 8.20. The van der Waals surface area contributed by atoms with Gasteiger partial charge in [0.05, 0.1) is 0 Å². The number of rotatable bonds is 8. The third-order valence-electron chi connectivity index (χ3n) is 2.49. The predicted molar refractivity (Wildman–Crippen MR) is 81.0 cm³/mol. The van der Waals surface area contributed by atoms with Gasteiger partial charge in [-0.2, -0.15) is 0 Å². The molecule has 0 heterocycles. The summed E-state index contributed by atoms with van der Waals surface area (Å²) in [5.74, 6) is -0.0884. The van der Waals surface area contributed by atoms with E-state index in [0.717, 1.165) is 30.0 Å². The second-order valence-corrected chi connectivity index (χ2v) is 15.8. The molecule has 0 saturated heterocycles. The maximum absolute atomic E-state index is 11.7. The predicted octanol–water partition coefficient (Wildman–Crippen LogP) is 4.61. The Balaban J connectivity index is 5.21. The Bertz CT molecular complexity index is 315. The van der Waals surface area contributed by atoms with Gasteiger partial charge in [-0.3, -0.25) is 0 Å². The monoisotopic (exact) mass is 358 g/mol. The molecular weight excluding hydrogens is 331 g/mol. The van der Waals surface area contributed by atoms with Crippen LogP contribution in [0.1, 0.15) is 34.1 Å². The van der Waals surface area contributed by atoms with Crippen molar-refractivity contribution >= 4 is 24.8 Å². The van der Waals surface area contributed by atoms with Crippen molar-refractivity contribution in [3.63, 3.8) is 0 Å². The molecule has 2 nitrogen and oxygen atoms in total. The van der Waals surface area contributed by atoms with Crippen LogP contribution in [0.2, 0.25) is 13.3 Å². The molecule has 0 N–H and O–H groups in total. The zero-order chi connectivity index (χ0) is 14.3. The molecule has 0 fully saturated rings. The van der Waals surface area contributed by atoms with Gasteiger partial charge < -0.3 is 0 Å². The SMILES string of the molecule is C=C(C)[CH2][Sn]([CH2]C(=C)C)([CH2]C(=C)C)[O]C(=O)CC. The summed E-state index contributed by atoms with van der Waals surface area (Å²) in [6, 6.07) is 0. The molecule has 0 rings (SSSR count). The number of carbonyl (C=O) groups is 1. The van der Waals surface area contributed by atoms with Gasteiger partial charge in [0.15, 0.2) is 0 Å². The Hall–Kier alpha value is -0.511. The van der Waals surface area contributed by atoms with Crippen LogP contribution in [0.5, 0.6) is 0 Å². The van der Waals surface area contributed by atoms with E-state index in [1.54, 1.807) is 0 Å². The molecule has 0 aliphatic heterocycles. The molecule has 0 atom stereocenters. The van der Waals surface area contributed by atoms with E-state index in [4.69, 9.17) is 3.07 Å². The molecule has 0 aromatic rings. The van der Waals surface area contributed by atoms with Gasteiger partial charge >= 0.3 is 117 Å². The van der Waals surface area contributed by atoms with E-state index in [1.165, 1.54) is 0 Å². The molecule has 0 aliphatic rings. The van der Waals surface area contributed by atoms with Crippen molar-refractivity contribution in [3.8, 4) is 0 Å². The van der Waals surface area contributed by atoms with Crippen LogP contribution in [-0.2, 0) is 7.87 Å². The average Bonchev–Trinajstić information content (AvgIpc) is 2.12. The first-order valence-electron chi connectivity index (χ1n) is 6.36. The van der Waals surface area contributed by atoms with Gasteiger partial charge in [-0.15, -0.1) is 0 Å². The topological polar surface area (TPSA) is 26.3 Å². The molecular formula is C15H26O2Sn. The fourth-order valence-corrected chi connectivity index (χ4v) is 15.2. The van der Waals surface area contributed by atoms with Crippen molar-refractivity contribution in [2.24, 2.45) is 0 Å². The minimum atomic E-state index is -3.07. The van der Waals surface area contributed by atoms with E-state index in [1.807, 2.05) is 27.7 Å². The number of allylic oxidation sites excluding steroid dienone is 3. The summed E-state index contributed by atoms with van der Waals surface area (Å²) in [6.45, 7) is 19.8. The van der Waals surface area contributed by atoms with Gasteiger partial charge in [-0.05, 0) is 0 Å². The quantitative estimate of drug-likeness (QED) is 0.468. The third-order valence-corrected chi connectivity index (χ3v) is 15.1. The molecule has 18 heavy (non-hydrogen) atoms. The van der Waals surface area contributed by atoms with Gasteiger partial charge in [0.25, 0.3) is 0 Å². The van der Waals surface area contributed by atoms with Crippen molar-refractivity contribution in [3.05, 3.63) is 36.5 Å². The minimum absolute atomic E-state index is 0.0884. The fraction of sp³-hybridized carbons (Fsp3) is 0.533. The fourth-order valence-electron chi connectivity index (χ4n) is 2.26. The van der Waals surface area contributed by atoms with E-state index < -0.39 is 18.8 Å². The molecule has 0 aromatic carbocycles. The summed E-state index contributed by atoms with van der Waals surface area (Å²) in [7, 11) is 0. The zero-order valence-electron chi connectivity index (χ0n) is 12.3. The summed E-state index contributed by atoms with van der Waals surface area (Å²) in [5.41, 5.74) is 3.28. The molecule has 0 unspecified atom stereocenters. The van der Waals surface area contributed by atoms with Crippen LogP contribution in [-0.4, -0.2) is 24.8 Å². The van der Waals surface area contributed by atoms with Gasteiger partial charge in [-0.1, -0.05) is 0 Å². The molecule has 0 aromatic heterocycles. The van der Waals surface area contributed by atoms with Crippen LogP contribution in [0.3, 0.4) is 0 Å². The summed E-state index contributed by atoms with van der Waals surface area (Å²) >= 11 is -3.07. The van der Waals surface area contributed by atoms with E-state index >= 15 is 0 Å². The second-order valence-electron chi connectivity index (χ2n) is 5.41. The number of carbonyl (C=O) groups excluding carboxylic acids is 1. The molecule has 102 valence electrons.